The molecule has 2 fully saturated rings. The summed E-state index contributed by atoms with van der Waals surface area (Å²) >= 11 is 0. The Kier molecular flexibility index (Phi) is 4.10. The normalized spacial score (nSPS) is 35.1. The number of aliphatic hydroxyl groups excluding tert-OH is 1. The van der Waals surface area contributed by atoms with Gasteiger partial charge in [0.25, 0.3) is 5.91 Å². The highest BCUT2D eigenvalue weighted by atomic mass is 16.5. The topological polar surface area (TPSA) is 77.2 Å². The van der Waals surface area contributed by atoms with Gasteiger partial charge in [-0.2, -0.15) is 0 Å². The Morgan fingerprint density at radius 2 is 2.36 bits per heavy atom. The molecule has 7 nitrogen and oxygen atoms in total. The number of likely N-dealkylation sites (N-methyl/N-ethyl adjacent to an activating group) is 1. The molecule has 3 unspecified atom stereocenters. The third-order valence-electron chi connectivity index (χ3n) is 5.37. The molecule has 4 atom stereocenters. The quantitative estimate of drug-likeness (QED) is 0.542. The summed E-state index contributed by atoms with van der Waals surface area (Å²) in [5.74, 6) is 0.538. The number of hydrogen-bond acceptors (Lipinski definition) is 5. The van der Waals surface area contributed by atoms with Crippen LogP contribution in [0.4, 0.5) is 0 Å². The number of nitrogens with zero attached hydrogens (tertiary/aromatic N) is 3. The summed E-state index contributed by atoms with van der Waals surface area (Å²) in [4.78, 5) is 19.5. The molecule has 0 aromatic rings. The van der Waals surface area contributed by atoms with Crippen LogP contribution < -0.4 is 5.32 Å². The fourth-order valence-electron chi connectivity index (χ4n) is 4.29. The molecule has 1 aliphatic carbocycles. The van der Waals surface area contributed by atoms with E-state index in [1.807, 2.05) is 11.6 Å². The van der Waals surface area contributed by atoms with Gasteiger partial charge >= 0.3 is 0 Å². The number of likely N-dealkylation sites (tertiary alicyclic amines) is 1. The summed E-state index contributed by atoms with van der Waals surface area (Å²) < 4.78 is 7.86. The molecule has 4 aliphatic rings. The first-order chi connectivity index (χ1) is 11.9. The van der Waals surface area contributed by atoms with Crippen LogP contribution in [-0.4, -0.2) is 84.1 Å². The summed E-state index contributed by atoms with van der Waals surface area (Å²) in [6, 6.07) is -0.288. The van der Waals surface area contributed by atoms with E-state index >= 15 is 0 Å². The first kappa shape index (κ1) is 16.6. The Hall–Kier alpha value is -1.83. The van der Waals surface area contributed by atoms with E-state index in [1.54, 1.807) is 0 Å². The predicted molar refractivity (Wildman–Crippen MR) is 93.8 cm³/mol. The molecule has 4 rings (SSSR count). The molecule has 0 aromatic carbocycles. The summed E-state index contributed by atoms with van der Waals surface area (Å²) in [7, 11) is 1.91. The number of aliphatic imine (C=N–C) groups is 1. The van der Waals surface area contributed by atoms with Gasteiger partial charge in [0.2, 0.25) is 5.70 Å². The monoisotopic (exact) mass is 345 g/mol. The van der Waals surface area contributed by atoms with Crippen molar-refractivity contribution in [2.75, 3.05) is 26.7 Å². The van der Waals surface area contributed by atoms with Crippen LogP contribution in [0.1, 0.15) is 19.8 Å². The molecule has 0 saturated carbocycles. The average Bonchev–Trinajstić information content (AvgIpc) is 3.11. The maximum absolute atomic E-state index is 12.6. The molecule has 0 aromatic heterocycles. The molecule has 1 amide bonds. The van der Waals surface area contributed by atoms with Gasteiger partial charge in [-0.25, -0.2) is 4.58 Å². The zero-order chi connectivity index (χ0) is 17.7. The highest BCUT2D eigenvalue weighted by molar-refractivity contribution is 6.04. The summed E-state index contributed by atoms with van der Waals surface area (Å²) in [5.41, 5.74) is 3.24. The third kappa shape index (κ3) is 2.86. The van der Waals surface area contributed by atoms with Gasteiger partial charge in [0, 0.05) is 18.7 Å². The van der Waals surface area contributed by atoms with E-state index in [0.29, 0.717) is 18.9 Å². The number of amidine groups is 1. The lowest BCUT2D eigenvalue weighted by Crippen LogP contribution is -2.51. The van der Waals surface area contributed by atoms with Crippen LogP contribution in [0.5, 0.6) is 0 Å². The van der Waals surface area contributed by atoms with Crippen molar-refractivity contribution in [1.82, 2.24) is 10.2 Å². The molecule has 0 bridgehead atoms. The lowest BCUT2D eigenvalue weighted by molar-refractivity contribution is -0.432. The molecule has 3 heterocycles. The van der Waals surface area contributed by atoms with Crippen LogP contribution in [0.3, 0.4) is 0 Å². The largest absolute Gasteiger partial charge is 0.392 e. The van der Waals surface area contributed by atoms with Gasteiger partial charge in [0.05, 0.1) is 24.3 Å². The SMILES string of the molecule is C=[N+](C)C1=C2C(CC=C1C)OC1C(=O)NC(CN3CC[C@H](O)C3)=NC21. The highest BCUT2D eigenvalue weighted by Gasteiger charge is 2.50. The molecule has 7 heteroatoms. The minimum Gasteiger partial charge on any atom is -0.392 e. The van der Waals surface area contributed by atoms with Crippen LogP contribution in [0.2, 0.25) is 0 Å². The average molecular weight is 345 g/mol. The molecule has 2 saturated heterocycles. The molecule has 134 valence electrons. The number of carbonyl (C=O) groups excluding carboxylic acids is 1. The summed E-state index contributed by atoms with van der Waals surface area (Å²) in [6.45, 7) is 8.09. The standard InChI is InChI=1S/C18H24N4O3/c1-10-4-5-12-14(16(10)21(2)3)15-17(25-12)18(24)20-13(19-15)9-22-7-6-11(23)8-22/h4,11-12,15,17,23H,2,5-9H2,1,3H3/p+1/t11-,12?,15?,17?/m0/s1. The molecule has 25 heavy (non-hydrogen) atoms. The van der Waals surface area contributed by atoms with Gasteiger partial charge in [-0.15, -0.1) is 0 Å². The van der Waals surface area contributed by atoms with E-state index in [9.17, 15) is 9.90 Å². The fourth-order valence-corrected chi connectivity index (χ4v) is 4.29. The predicted octanol–water partition coefficient (Wildman–Crippen LogP) is -0.336. The number of fused-ring (bicyclic) bond motifs is 3. The summed E-state index contributed by atoms with van der Waals surface area (Å²) in [5, 5.41) is 12.6. The van der Waals surface area contributed by atoms with Crippen molar-refractivity contribution in [3.05, 3.63) is 22.9 Å². The van der Waals surface area contributed by atoms with Crippen molar-refractivity contribution in [3.63, 3.8) is 0 Å². The number of rotatable bonds is 3. The second-order valence-electron chi connectivity index (χ2n) is 7.36. The Bertz CT molecular complexity index is 724. The zero-order valence-electron chi connectivity index (χ0n) is 14.7. The number of allylic oxidation sites excluding steroid dienone is 1. The Balaban J connectivity index is 1.67. The van der Waals surface area contributed by atoms with E-state index < -0.39 is 6.10 Å². The molecule has 3 aliphatic heterocycles. The van der Waals surface area contributed by atoms with E-state index in [2.05, 4.69) is 29.9 Å². The molecule has 2 N–H and O–H groups in total. The van der Waals surface area contributed by atoms with Crippen molar-refractivity contribution in [2.24, 2.45) is 4.99 Å². The Morgan fingerprint density at radius 3 is 3.04 bits per heavy atom. The number of hydrogen-bond donors (Lipinski definition) is 2. The van der Waals surface area contributed by atoms with Crippen LogP contribution in [-0.2, 0) is 9.53 Å². The van der Waals surface area contributed by atoms with Crippen molar-refractivity contribution >= 4 is 18.5 Å². The lowest BCUT2D eigenvalue weighted by atomic mass is 9.89. The van der Waals surface area contributed by atoms with E-state index in [4.69, 9.17) is 9.73 Å². The van der Waals surface area contributed by atoms with Crippen LogP contribution in [0.15, 0.2) is 27.9 Å². The number of β-amino-alcohol motifs (C(OH)–C–C–N with tert-alkyl or cyclic N) is 1. The first-order valence-electron chi connectivity index (χ1n) is 8.83. The molecular formula is C18H25N4O3+. The Morgan fingerprint density at radius 1 is 1.56 bits per heavy atom. The maximum atomic E-state index is 12.6. The second kappa shape index (κ2) is 6.16. The minimum absolute atomic E-state index is 0.111. The van der Waals surface area contributed by atoms with Crippen LogP contribution in [0, 0.1) is 0 Å². The number of ether oxygens (including phenoxy) is 1. The number of nitrogens with one attached hydrogen (secondary N) is 1. The van der Waals surface area contributed by atoms with Gasteiger partial charge < -0.3 is 15.2 Å². The smallest absolute Gasteiger partial charge is 0.257 e. The van der Waals surface area contributed by atoms with Gasteiger partial charge in [-0.3, -0.25) is 14.7 Å². The zero-order valence-corrected chi connectivity index (χ0v) is 14.7. The molecule has 0 spiro atoms. The van der Waals surface area contributed by atoms with E-state index in [0.717, 1.165) is 36.2 Å². The van der Waals surface area contributed by atoms with E-state index in [1.165, 1.54) is 0 Å². The van der Waals surface area contributed by atoms with Gasteiger partial charge in [0.15, 0.2) is 6.10 Å². The number of aliphatic hydroxyl groups is 1. The maximum Gasteiger partial charge on any atom is 0.257 e. The van der Waals surface area contributed by atoms with Crippen molar-refractivity contribution in [3.8, 4) is 0 Å². The lowest BCUT2D eigenvalue weighted by Gasteiger charge is -2.26. The van der Waals surface area contributed by atoms with Gasteiger partial charge in [-0.05, 0) is 19.8 Å². The van der Waals surface area contributed by atoms with Crippen LogP contribution in [0.25, 0.3) is 0 Å². The highest BCUT2D eigenvalue weighted by Crippen LogP contribution is 2.39. The van der Waals surface area contributed by atoms with Crippen LogP contribution >= 0.6 is 0 Å². The van der Waals surface area contributed by atoms with Crippen molar-refractivity contribution < 1.29 is 19.2 Å². The van der Waals surface area contributed by atoms with Gasteiger partial charge in [-0.1, -0.05) is 6.08 Å². The minimum atomic E-state index is -0.567. The van der Waals surface area contributed by atoms with Gasteiger partial charge in [0.1, 0.15) is 25.6 Å². The molecule has 0 radical (unpaired) electrons. The Labute approximate surface area is 147 Å². The third-order valence-corrected chi connectivity index (χ3v) is 5.37. The number of carbonyl (C=O) groups is 1. The van der Waals surface area contributed by atoms with Crippen molar-refractivity contribution in [2.45, 2.75) is 44.1 Å². The van der Waals surface area contributed by atoms with E-state index in [-0.39, 0.29) is 24.2 Å². The first-order valence-corrected chi connectivity index (χ1v) is 8.83. The summed E-state index contributed by atoms with van der Waals surface area (Å²) in [6.07, 6.45) is 2.71. The number of amides is 1. The fraction of sp³-hybridized carbons (Fsp3) is 0.611. The van der Waals surface area contributed by atoms with Crippen molar-refractivity contribution in [1.29, 1.82) is 0 Å². The molecular weight excluding hydrogens is 320 g/mol. The second-order valence-corrected chi connectivity index (χ2v) is 7.36.